The smallest absolute Gasteiger partial charge is 0.244 e. The lowest BCUT2D eigenvalue weighted by Crippen LogP contribution is -2.55. The monoisotopic (exact) mass is 545 g/mol. The van der Waals surface area contributed by atoms with Crippen molar-refractivity contribution in [3.8, 4) is 5.75 Å². The van der Waals surface area contributed by atoms with Crippen molar-refractivity contribution in [2.75, 3.05) is 25.1 Å². The van der Waals surface area contributed by atoms with Gasteiger partial charge in [0.25, 0.3) is 0 Å². The SMILES string of the molecule is CCCC(C)NC(=O)C1N(CCCCCCO)C(=O)[C@@H]2[C@H](C(=O)Nc3ccc(OCC)cc3)[C@@H]3CCC12S3. The molecule has 1 aromatic rings. The van der Waals surface area contributed by atoms with Crippen LogP contribution in [0.3, 0.4) is 0 Å². The van der Waals surface area contributed by atoms with Crippen LogP contribution in [0.1, 0.15) is 72.1 Å². The second-order valence-corrected chi connectivity index (χ2v) is 12.5. The molecule has 3 amide bonds. The second kappa shape index (κ2) is 12.7. The number of rotatable bonds is 14. The van der Waals surface area contributed by atoms with Gasteiger partial charge in [0, 0.05) is 30.1 Å². The average molecular weight is 546 g/mol. The molecule has 0 radical (unpaired) electrons. The molecule has 1 spiro atoms. The minimum atomic E-state index is -0.566. The maximum absolute atomic E-state index is 14.0. The first kappa shape index (κ1) is 28.7. The number of carbonyl (C=O) groups excluding carboxylic acids is 3. The molecule has 0 saturated carbocycles. The summed E-state index contributed by atoms with van der Waals surface area (Å²) in [5, 5.41) is 15.4. The summed E-state index contributed by atoms with van der Waals surface area (Å²) >= 11 is 1.70. The van der Waals surface area contributed by atoms with Gasteiger partial charge in [0.2, 0.25) is 17.7 Å². The van der Waals surface area contributed by atoms with Gasteiger partial charge in [-0.25, -0.2) is 0 Å². The predicted molar refractivity (Wildman–Crippen MR) is 150 cm³/mol. The number of aliphatic hydroxyl groups excluding tert-OH is 1. The fourth-order valence-corrected chi connectivity index (χ4v) is 8.82. The summed E-state index contributed by atoms with van der Waals surface area (Å²) in [5.74, 6) is -0.504. The molecule has 0 aromatic heterocycles. The summed E-state index contributed by atoms with van der Waals surface area (Å²) in [6, 6.07) is 6.77. The van der Waals surface area contributed by atoms with Crippen LogP contribution in [0, 0.1) is 11.8 Å². The van der Waals surface area contributed by atoms with Crippen LogP contribution < -0.4 is 15.4 Å². The number of amides is 3. The van der Waals surface area contributed by atoms with Gasteiger partial charge in [0.1, 0.15) is 11.8 Å². The van der Waals surface area contributed by atoms with Crippen LogP contribution in [0.2, 0.25) is 0 Å². The van der Waals surface area contributed by atoms with Crippen LogP contribution in [0.4, 0.5) is 5.69 Å². The Morgan fingerprint density at radius 1 is 1.16 bits per heavy atom. The third-order valence-electron chi connectivity index (χ3n) is 8.20. The van der Waals surface area contributed by atoms with E-state index < -0.39 is 22.6 Å². The van der Waals surface area contributed by atoms with Crippen molar-refractivity contribution in [3.63, 3.8) is 0 Å². The predicted octanol–water partition coefficient (Wildman–Crippen LogP) is 3.97. The lowest BCUT2D eigenvalue weighted by molar-refractivity contribution is -0.139. The van der Waals surface area contributed by atoms with Crippen molar-refractivity contribution in [1.29, 1.82) is 0 Å². The van der Waals surface area contributed by atoms with Gasteiger partial charge in [-0.2, -0.15) is 0 Å². The Balaban J connectivity index is 1.55. The van der Waals surface area contributed by atoms with Gasteiger partial charge in [-0.15, -0.1) is 11.8 Å². The highest BCUT2D eigenvalue weighted by atomic mass is 32.2. The molecular formula is C29H43N3O5S. The van der Waals surface area contributed by atoms with Gasteiger partial charge in [-0.1, -0.05) is 26.2 Å². The normalized spacial score (nSPS) is 28.3. The molecule has 3 aliphatic rings. The zero-order chi connectivity index (χ0) is 27.3. The third kappa shape index (κ3) is 5.69. The number of carbonyl (C=O) groups is 3. The Morgan fingerprint density at radius 3 is 2.58 bits per heavy atom. The van der Waals surface area contributed by atoms with Gasteiger partial charge < -0.3 is 25.4 Å². The van der Waals surface area contributed by atoms with E-state index in [1.54, 1.807) is 16.7 Å². The summed E-state index contributed by atoms with van der Waals surface area (Å²) < 4.78 is 4.94. The van der Waals surface area contributed by atoms with Crippen molar-refractivity contribution < 1.29 is 24.2 Å². The number of unbranched alkanes of at least 4 members (excludes halogenated alkanes) is 3. The molecule has 3 aliphatic heterocycles. The summed E-state index contributed by atoms with van der Waals surface area (Å²) in [4.78, 5) is 43.1. The van der Waals surface area contributed by atoms with E-state index >= 15 is 0 Å². The van der Waals surface area contributed by atoms with E-state index in [9.17, 15) is 14.4 Å². The number of hydrogen-bond acceptors (Lipinski definition) is 6. The van der Waals surface area contributed by atoms with E-state index in [1.807, 2.05) is 38.1 Å². The maximum Gasteiger partial charge on any atom is 0.244 e. The van der Waals surface area contributed by atoms with Gasteiger partial charge in [0.15, 0.2) is 0 Å². The lowest BCUT2D eigenvalue weighted by atomic mass is 9.70. The molecule has 3 heterocycles. The molecule has 3 saturated heterocycles. The number of ether oxygens (including phenoxy) is 1. The Bertz CT molecular complexity index is 989. The van der Waals surface area contributed by atoms with Gasteiger partial charge in [0.05, 0.1) is 23.2 Å². The highest BCUT2D eigenvalue weighted by Crippen LogP contribution is 2.66. The number of nitrogens with zero attached hydrogens (tertiary/aromatic N) is 1. The van der Waals surface area contributed by atoms with E-state index in [0.717, 1.165) is 57.1 Å². The van der Waals surface area contributed by atoms with Crippen LogP contribution >= 0.6 is 11.8 Å². The Labute approximate surface area is 230 Å². The first-order valence-corrected chi connectivity index (χ1v) is 15.2. The molecule has 2 bridgehead atoms. The largest absolute Gasteiger partial charge is 0.494 e. The third-order valence-corrected chi connectivity index (χ3v) is 10.2. The molecule has 3 fully saturated rings. The summed E-state index contributed by atoms with van der Waals surface area (Å²) in [5.41, 5.74) is 0.675. The van der Waals surface area contributed by atoms with E-state index in [1.165, 1.54) is 0 Å². The minimum Gasteiger partial charge on any atom is -0.494 e. The molecule has 4 rings (SSSR count). The highest BCUT2D eigenvalue weighted by Gasteiger charge is 2.73. The quantitative estimate of drug-likeness (QED) is 0.305. The second-order valence-electron chi connectivity index (χ2n) is 10.9. The molecule has 9 heteroatoms. The van der Waals surface area contributed by atoms with Crippen molar-refractivity contribution >= 4 is 35.2 Å². The Morgan fingerprint density at radius 2 is 1.89 bits per heavy atom. The van der Waals surface area contributed by atoms with Crippen LogP contribution in [0.15, 0.2) is 24.3 Å². The average Bonchev–Trinajstić information content (AvgIpc) is 3.53. The number of nitrogens with one attached hydrogen (secondary N) is 2. The molecule has 38 heavy (non-hydrogen) atoms. The first-order valence-electron chi connectivity index (χ1n) is 14.3. The van der Waals surface area contributed by atoms with Crippen LogP contribution in [-0.2, 0) is 14.4 Å². The lowest BCUT2D eigenvalue weighted by Gasteiger charge is -2.35. The Kier molecular flexibility index (Phi) is 9.63. The van der Waals surface area contributed by atoms with Crippen molar-refractivity contribution in [3.05, 3.63) is 24.3 Å². The van der Waals surface area contributed by atoms with E-state index in [0.29, 0.717) is 18.8 Å². The number of aliphatic hydroxyl groups is 1. The molecule has 3 unspecified atom stereocenters. The molecular weight excluding hydrogens is 502 g/mol. The van der Waals surface area contributed by atoms with E-state index in [-0.39, 0.29) is 35.6 Å². The topological polar surface area (TPSA) is 108 Å². The van der Waals surface area contributed by atoms with Crippen molar-refractivity contribution in [2.45, 2.75) is 94.2 Å². The minimum absolute atomic E-state index is 0.0294. The number of fused-ring (bicyclic) bond motifs is 1. The van der Waals surface area contributed by atoms with Gasteiger partial charge >= 0.3 is 0 Å². The number of benzene rings is 1. The van der Waals surface area contributed by atoms with Gasteiger partial charge in [-0.05, 0) is 70.2 Å². The zero-order valence-electron chi connectivity index (χ0n) is 22.9. The molecule has 3 N–H and O–H groups in total. The standard InChI is InChI=1S/C29H43N3O5S/c1-4-10-19(3)30-27(35)25-29-16-15-22(38-29)23(24(29)28(36)32(25)17-8-6-7-9-18-33)26(34)31-20-11-13-21(14-12-20)37-5-2/h11-14,19,22-25,33H,4-10,15-18H2,1-3H3,(H,30,35)(H,31,34)/t19?,22-,23+,24-,25?,29?/m0/s1. The van der Waals surface area contributed by atoms with Crippen molar-refractivity contribution in [2.24, 2.45) is 11.8 Å². The number of hydrogen-bond donors (Lipinski definition) is 3. The van der Waals surface area contributed by atoms with E-state index in [2.05, 4.69) is 17.6 Å². The van der Waals surface area contributed by atoms with Gasteiger partial charge in [-0.3, -0.25) is 14.4 Å². The molecule has 210 valence electrons. The fraction of sp³-hybridized carbons (Fsp3) is 0.690. The summed E-state index contributed by atoms with van der Waals surface area (Å²) in [6.45, 7) is 7.27. The summed E-state index contributed by atoms with van der Waals surface area (Å²) in [7, 11) is 0. The zero-order valence-corrected chi connectivity index (χ0v) is 23.7. The highest BCUT2D eigenvalue weighted by molar-refractivity contribution is 8.02. The van der Waals surface area contributed by atoms with Crippen LogP contribution in [0.25, 0.3) is 0 Å². The van der Waals surface area contributed by atoms with Crippen LogP contribution in [0.5, 0.6) is 5.75 Å². The number of thioether (sulfide) groups is 1. The number of anilines is 1. The fourth-order valence-electron chi connectivity index (χ4n) is 6.60. The number of likely N-dealkylation sites (tertiary alicyclic amines) is 1. The van der Waals surface area contributed by atoms with Crippen LogP contribution in [-0.4, -0.2) is 69.6 Å². The first-order chi connectivity index (χ1) is 18.4. The van der Waals surface area contributed by atoms with Crippen molar-refractivity contribution in [1.82, 2.24) is 10.2 Å². The Hall–Kier alpha value is -2.26. The maximum atomic E-state index is 14.0. The van der Waals surface area contributed by atoms with E-state index in [4.69, 9.17) is 9.84 Å². The molecule has 0 aliphatic carbocycles. The molecule has 1 aromatic carbocycles. The molecule has 8 nitrogen and oxygen atoms in total. The summed E-state index contributed by atoms with van der Waals surface area (Å²) in [6.07, 6.45) is 6.75. The molecule has 6 atom stereocenters.